The molecular formula is C17H16N5O2+. The minimum absolute atomic E-state index is 0.359. The first-order valence-corrected chi connectivity index (χ1v) is 8.06. The van der Waals surface area contributed by atoms with Crippen molar-refractivity contribution in [2.24, 2.45) is 16.7 Å². The molecule has 1 saturated carbocycles. The van der Waals surface area contributed by atoms with E-state index in [0.29, 0.717) is 12.2 Å². The summed E-state index contributed by atoms with van der Waals surface area (Å²) in [6.45, 7) is 0. The van der Waals surface area contributed by atoms with Crippen molar-refractivity contribution in [1.82, 2.24) is 5.32 Å². The van der Waals surface area contributed by atoms with Gasteiger partial charge in [0.05, 0.1) is 30.4 Å². The van der Waals surface area contributed by atoms with Gasteiger partial charge in [-0.2, -0.15) is 15.8 Å². The molecular weight excluding hydrogens is 306 g/mol. The monoisotopic (exact) mass is 322 g/mol. The van der Waals surface area contributed by atoms with Gasteiger partial charge in [-0.1, -0.05) is 6.42 Å². The van der Waals surface area contributed by atoms with Crippen molar-refractivity contribution >= 4 is 5.91 Å². The number of nitriles is 3. The Balaban J connectivity index is 2.02. The maximum atomic E-state index is 12.9. The molecule has 1 aliphatic carbocycles. The van der Waals surface area contributed by atoms with Crippen LogP contribution < -0.4 is 10.6 Å². The molecule has 1 aromatic heterocycles. The van der Waals surface area contributed by atoms with Gasteiger partial charge in [-0.25, -0.2) is 0 Å². The van der Waals surface area contributed by atoms with Crippen molar-refractivity contribution in [3.8, 4) is 18.2 Å². The highest BCUT2D eigenvalue weighted by Crippen LogP contribution is 2.61. The van der Waals surface area contributed by atoms with Crippen molar-refractivity contribution in [3.05, 3.63) is 24.2 Å². The molecule has 0 radical (unpaired) electrons. The zero-order valence-electron chi connectivity index (χ0n) is 13.0. The van der Waals surface area contributed by atoms with Crippen LogP contribution in [0.3, 0.4) is 0 Å². The highest BCUT2D eigenvalue weighted by atomic mass is 16.3. The molecule has 3 heterocycles. The first-order valence-electron chi connectivity index (χ1n) is 8.06. The molecule has 4 rings (SSSR count). The maximum Gasteiger partial charge on any atom is 0.248 e. The van der Waals surface area contributed by atoms with Gasteiger partial charge in [0, 0.05) is 6.42 Å². The number of piperidine rings is 1. The molecule has 1 amide bonds. The third-order valence-corrected chi connectivity index (χ3v) is 6.11. The average molecular weight is 322 g/mol. The van der Waals surface area contributed by atoms with E-state index in [0.717, 1.165) is 19.3 Å². The fourth-order valence-electron chi connectivity index (χ4n) is 5.10. The predicted molar refractivity (Wildman–Crippen MR) is 77.9 cm³/mol. The second kappa shape index (κ2) is 4.60. The predicted octanol–water partition coefficient (Wildman–Crippen LogP) is 0.458. The van der Waals surface area contributed by atoms with Crippen molar-refractivity contribution in [2.75, 3.05) is 0 Å². The van der Waals surface area contributed by atoms with Crippen LogP contribution in [0.4, 0.5) is 0 Å². The zero-order chi connectivity index (χ0) is 17.0. The van der Waals surface area contributed by atoms with E-state index in [1.165, 1.54) is 6.26 Å². The lowest BCUT2D eigenvalue weighted by molar-refractivity contribution is -0.795. The molecule has 0 aromatic carbocycles. The largest absolute Gasteiger partial charge is 0.463 e. The smallest absolute Gasteiger partial charge is 0.248 e. The molecule has 4 atom stereocenters. The lowest BCUT2D eigenvalue weighted by Gasteiger charge is -2.50. The molecule has 7 heteroatoms. The molecule has 0 spiro atoms. The number of quaternary nitrogens is 1. The van der Waals surface area contributed by atoms with E-state index in [9.17, 15) is 20.6 Å². The third kappa shape index (κ3) is 1.36. The van der Waals surface area contributed by atoms with E-state index < -0.39 is 28.4 Å². The Morgan fingerprint density at radius 3 is 2.67 bits per heavy atom. The molecule has 2 aliphatic heterocycles. The summed E-state index contributed by atoms with van der Waals surface area (Å²) in [7, 11) is 0. The van der Waals surface area contributed by atoms with E-state index in [1.54, 1.807) is 12.1 Å². The quantitative estimate of drug-likeness (QED) is 0.775. The number of furan rings is 1. The van der Waals surface area contributed by atoms with E-state index in [1.807, 2.05) is 17.5 Å². The zero-order valence-corrected chi connectivity index (χ0v) is 13.0. The van der Waals surface area contributed by atoms with Gasteiger partial charge in [0.1, 0.15) is 0 Å². The topological polar surface area (TPSA) is 130 Å². The van der Waals surface area contributed by atoms with Crippen molar-refractivity contribution in [3.63, 3.8) is 0 Å². The minimum Gasteiger partial charge on any atom is -0.463 e. The number of carbonyl (C=O) groups is 1. The van der Waals surface area contributed by atoms with E-state index in [-0.39, 0.29) is 5.92 Å². The lowest BCUT2D eigenvalue weighted by Crippen LogP contribution is -3.05. The first-order chi connectivity index (χ1) is 11.6. The van der Waals surface area contributed by atoms with Gasteiger partial charge in [0.15, 0.2) is 22.9 Å². The molecule has 1 aromatic rings. The lowest BCUT2D eigenvalue weighted by atomic mass is 9.50. The van der Waals surface area contributed by atoms with Crippen molar-refractivity contribution in [1.29, 1.82) is 15.8 Å². The SMILES string of the molecule is N#CC1(C#N)[C@@H](c2ccco2)[NH2+][C@@]23CCCC[C@H]2[C@]1(C#N)C(=O)N3. The summed E-state index contributed by atoms with van der Waals surface area (Å²) in [4.78, 5) is 12.9. The Bertz CT molecular complexity index is 813. The number of rotatable bonds is 1. The van der Waals surface area contributed by atoms with Crippen LogP contribution in [-0.2, 0) is 4.79 Å². The molecule has 0 unspecified atom stereocenters. The fraction of sp³-hybridized carbons (Fsp3) is 0.529. The summed E-state index contributed by atoms with van der Waals surface area (Å²) in [6.07, 6.45) is 4.67. The number of nitrogens with one attached hydrogen (secondary N) is 1. The average Bonchev–Trinajstić information content (AvgIpc) is 3.19. The summed E-state index contributed by atoms with van der Waals surface area (Å²) < 4.78 is 5.48. The maximum absolute atomic E-state index is 12.9. The van der Waals surface area contributed by atoms with Crippen molar-refractivity contribution < 1.29 is 14.5 Å². The number of nitrogens with two attached hydrogens (primary N) is 1. The van der Waals surface area contributed by atoms with Gasteiger partial charge < -0.3 is 15.1 Å². The molecule has 3 aliphatic rings. The number of amides is 1. The van der Waals surface area contributed by atoms with Gasteiger partial charge in [0.2, 0.25) is 11.3 Å². The van der Waals surface area contributed by atoms with Crippen LogP contribution in [0.25, 0.3) is 0 Å². The Morgan fingerprint density at radius 2 is 2.04 bits per heavy atom. The fourth-order valence-corrected chi connectivity index (χ4v) is 5.10. The van der Waals surface area contributed by atoms with Crippen LogP contribution in [-0.4, -0.2) is 11.6 Å². The summed E-state index contributed by atoms with van der Waals surface area (Å²) in [6, 6.07) is 8.87. The van der Waals surface area contributed by atoms with Crippen molar-refractivity contribution in [2.45, 2.75) is 37.4 Å². The van der Waals surface area contributed by atoms with Crippen LogP contribution in [0, 0.1) is 50.7 Å². The first kappa shape index (κ1) is 14.8. The van der Waals surface area contributed by atoms with Crippen LogP contribution in [0.2, 0.25) is 0 Å². The van der Waals surface area contributed by atoms with Crippen LogP contribution in [0.5, 0.6) is 0 Å². The number of carbonyl (C=O) groups excluding carboxylic acids is 1. The van der Waals surface area contributed by atoms with E-state index in [4.69, 9.17) is 4.42 Å². The number of hydrogen-bond donors (Lipinski definition) is 2. The number of hydrogen-bond acceptors (Lipinski definition) is 5. The highest BCUT2D eigenvalue weighted by Gasteiger charge is 2.82. The van der Waals surface area contributed by atoms with Gasteiger partial charge in [-0.3, -0.25) is 4.79 Å². The van der Waals surface area contributed by atoms with Crippen LogP contribution in [0.1, 0.15) is 37.5 Å². The Hall–Kier alpha value is -2.82. The normalized spacial score (nSPS) is 39.0. The Labute approximate surface area is 138 Å². The summed E-state index contributed by atoms with van der Waals surface area (Å²) >= 11 is 0. The Morgan fingerprint density at radius 1 is 1.25 bits per heavy atom. The highest BCUT2D eigenvalue weighted by molar-refractivity contribution is 5.92. The van der Waals surface area contributed by atoms with Gasteiger partial charge >= 0.3 is 0 Å². The minimum atomic E-state index is -1.80. The van der Waals surface area contributed by atoms with E-state index >= 15 is 0 Å². The Kier molecular flexibility index (Phi) is 2.83. The van der Waals surface area contributed by atoms with Gasteiger partial charge in [-0.05, 0) is 25.0 Å². The standard InChI is InChI=1S/C17H15N5O2/c18-8-15(9-19)13(11-4-3-7-24-11)21-17-6-2-1-5-12(17)16(15,10-20)14(23)22-17/h3-4,7,12-13,21H,1-2,5-6H2,(H,22,23)/p+1/t12-,13+,16+,17+/m0/s1. The molecule has 120 valence electrons. The summed E-state index contributed by atoms with van der Waals surface area (Å²) in [5.74, 6) is -0.412. The molecule has 3 N–H and O–H groups in total. The van der Waals surface area contributed by atoms with Crippen LogP contribution in [0.15, 0.2) is 22.8 Å². The molecule has 3 fully saturated rings. The summed E-state index contributed by atoms with van der Waals surface area (Å²) in [5.41, 5.74) is -4.12. The van der Waals surface area contributed by atoms with Crippen LogP contribution >= 0.6 is 0 Å². The summed E-state index contributed by atoms with van der Waals surface area (Å²) in [5, 5.41) is 34.8. The van der Waals surface area contributed by atoms with E-state index in [2.05, 4.69) is 11.4 Å². The second-order valence-corrected chi connectivity index (χ2v) is 6.90. The molecule has 2 bridgehead atoms. The molecule has 2 saturated heterocycles. The molecule has 7 nitrogen and oxygen atoms in total. The second-order valence-electron chi connectivity index (χ2n) is 6.90. The number of nitrogens with zero attached hydrogens (tertiary/aromatic N) is 3. The van der Waals surface area contributed by atoms with Gasteiger partial charge in [-0.15, -0.1) is 0 Å². The molecule has 24 heavy (non-hydrogen) atoms. The third-order valence-electron chi connectivity index (χ3n) is 6.11. The van der Waals surface area contributed by atoms with Gasteiger partial charge in [0.25, 0.3) is 0 Å².